The van der Waals surface area contributed by atoms with Gasteiger partial charge in [-0.15, -0.1) is 23.1 Å². The van der Waals surface area contributed by atoms with Crippen molar-refractivity contribution in [3.8, 4) is 5.75 Å². The largest absolute Gasteiger partial charge is 0.478 e. The molecule has 30 heavy (non-hydrogen) atoms. The first kappa shape index (κ1) is 22.1. The van der Waals surface area contributed by atoms with Crippen LogP contribution in [0.1, 0.15) is 40.2 Å². The highest BCUT2D eigenvalue weighted by Gasteiger charge is 2.30. The molecule has 0 spiro atoms. The zero-order chi connectivity index (χ0) is 22.1. The van der Waals surface area contributed by atoms with Crippen molar-refractivity contribution in [1.29, 1.82) is 0 Å². The highest BCUT2D eigenvalue weighted by atomic mass is 32.2. The molecule has 4 nitrogen and oxygen atoms in total. The van der Waals surface area contributed by atoms with E-state index in [1.165, 1.54) is 30.1 Å². The van der Waals surface area contributed by atoms with Gasteiger partial charge in [-0.05, 0) is 92.4 Å². The number of allylic oxidation sites excluding steroid dienone is 1. The molecular weight excluding hydrogens is 416 g/mol. The third kappa shape index (κ3) is 4.77. The van der Waals surface area contributed by atoms with E-state index in [0.717, 1.165) is 26.8 Å². The number of fused-ring (bicyclic) bond motifs is 1. The number of carboxylic acid groups (broad SMARTS) is 1. The number of aryl methyl sites for hydroxylation is 2. The Labute approximate surface area is 184 Å². The summed E-state index contributed by atoms with van der Waals surface area (Å²) in [6.45, 7) is 6.78. The molecule has 3 rings (SSSR count). The maximum atomic E-state index is 12.7. The van der Waals surface area contributed by atoms with E-state index in [1.54, 1.807) is 23.9 Å². The number of aliphatic carboxylic acids is 1. The fourth-order valence-electron chi connectivity index (χ4n) is 3.05. The molecule has 0 amide bonds. The molecule has 156 valence electrons. The number of ketones is 1. The lowest BCUT2D eigenvalue weighted by molar-refractivity contribution is -0.152. The van der Waals surface area contributed by atoms with E-state index in [2.05, 4.69) is 12.1 Å². The molecule has 0 fully saturated rings. The van der Waals surface area contributed by atoms with Gasteiger partial charge in [-0.1, -0.05) is 12.1 Å². The van der Waals surface area contributed by atoms with E-state index in [4.69, 9.17) is 4.74 Å². The average molecular weight is 441 g/mol. The summed E-state index contributed by atoms with van der Waals surface area (Å²) in [6.07, 6.45) is 5.40. The number of thiophene rings is 1. The normalized spacial score (nSPS) is 11.9. The van der Waals surface area contributed by atoms with Crippen LogP contribution in [-0.4, -0.2) is 28.7 Å². The Kier molecular flexibility index (Phi) is 6.38. The molecule has 3 aromatic rings. The molecular formula is C24H24O4S2. The van der Waals surface area contributed by atoms with Crippen LogP contribution in [0, 0.1) is 13.8 Å². The molecule has 0 saturated carbocycles. The Morgan fingerprint density at radius 2 is 1.77 bits per heavy atom. The molecule has 0 aliphatic rings. The molecule has 1 aromatic heterocycles. The minimum absolute atomic E-state index is 0.0375. The van der Waals surface area contributed by atoms with Gasteiger partial charge in [0, 0.05) is 9.60 Å². The van der Waals surface area contributed by atoms with Crippen LogP contribution in [0.4, 0.5) is 0 Å². The minimum Gasteiger partial charge on any atom is -0.478 e. The fraction of sp³-hybridized carbons (Fsp3) is 0.250. The fourth-order valence-corrected chi connectivity index (χ4v) is 4.59. The maximum Gasteiger partial charge on any atom is 0.347 e. The first-order chi connectivity index (χ1) is 14.1. The zero-order valence-corrected chi connectivity index (χ0v) is 19.2. The van der Waals surface area contributed by atoms with Crippen molar-refractivity contribution in [1.82, 2.24) is 0 Å². The summed E-state index contributed by atoms with van der Waals surface area (Å²) in [4.78, 5) is 25.9. The van der Waals surface area contributed by atoms with Gasteiger partial charge < -0.3 is 9.84 Å². The van der Waals surface area contributed by atoms with E-state index in [9.17, 15) is 14.7 Å². The third-order valence-electron chi connectivity index (χ3n) is 4.75. The molecule has 0 aliphatic heterocycles. The van der Waals surface area contributed by atoms with Gasteiger partial charge >= 0.3 is 5.97 Å². The van der Waals surface area contributed by atoms with E-state index in [-0.39, 0.29) is 5.78 Å². The quantitative estimate of drug-likeness (QED) is 0.262. The Morgan fingerprint density at radius 1 is 1.10 bits per heavy atom. The predicted molar refractivity (Wildman–Crippen MR) is 125 cm³/mol. The molecule has 0 atom stereocenters. The van der Waals surface area contributed by atoms with Crippen LogP contribution < -0.4 is 4.74 Å². The van der Waals surface area contributed by atoms with E-state index >= 15 is 0 Å². The van der Waals surface area contributed by atoms with Crippen LogP contribution in [0.3, 0.4) is 0 Å². The van der Waals surface area contributed by atoms with Gasteiger partial charge in [0.25, 0.3) is 0 Å². The smallest absolute Gasteiger partial charge is 0.347 e. The number of rotatable bonds is 7. The van der Waals surface area contributed by atoms with E-state index in [1.807, 2.05) is 44.4 Å². The first-order valence-electron chi connectivity index (χ1n) is 9.44. The van der Waals surface area contributed by atoms with Crippen LogP contribution in [0.2, 0.25) is 0 Å². The lowest BCUT2D eigenvalue weighted by atomic mass is 10.0. The van der Waals surface area contributed by atoms with Crippen molar-refractivity contribution in [3.05, 3.63) is 64.0 Å². The summed E-state index contributed by atoms with van der Waals surface area (Å²) < 4.78 is 6.84. The van der Waals surface area contributed by atoms with E-state index < -0.39 is 11.6 Å². The summed E-state index contributed by atoms with van der Waals surface area (Å²) in [5, 5.41) is 10.4. The third-order valence-corrected chi connectivity index (χ3v) is 6.59. The van der Waals surface area contributed by atoms with Crippen molar-refractivity contribution in [2.75, 3.05) is 6.26 Å². The van der Waals surface area contributed by atoms with Crippen LogP contribution in [-0.2, 0) is 4.79 Å². The molecule has 0 unspecified atom stereocenters. The van der Waals surface area contributed by atoms with E-state index in [0.29, 0.717) is 10.6 Å². The summed E-state index contributed by atoms with van der Waals surface area (Å²) in [6, 6.07) is 11.9. The minimum atomic E-state index is -1.32. The second kappa shape index (κ2) is 8.66. The molecule has 6 heteroatoms. The number of carbonyl (C=O) groups excluding carboxylic acids is 1. The van der Waals surface area contributed by atoms with Gasteiger partial charge in [-0.3, -0.25) is 4.79 Å². The lowest BCUT2D eigenvalue weighted by Crippen LogP contribution is -2.38. The molecule has 0 bridgehead atoms. The number of ether oxygens (including phenoxy) is 1. The summed E-state index contributed by atoms with van der Waals surface area (Å²) in [5.74, 6) is -0.506. The Hall–Kier alpha value is -2.57. The Balaban J connectivity index is 1.82. The van der Waals surface area contributed by atoms with Crippen molar-refractivity contribution in [2.24, 2.45) is 0 Å². The average Bonchev–Trinajstić information content (AvgIpc) is 3.12. The van der Waals surface area contributed by atoms with Gasteiger partial charge in [-0.2, -0.15) is 0 Å². The van der Waals surface area contributed by atoms with Crippen LogP contribution >= 0.6 is 23.1 Å². The van der Waals surface area contributed by atoms with Gasteiger partial charge in [0.05, 0.1) is 4.88 Å². The predicted octanol–water partition coefficient (Wildman–Crippen LogP) is 6.38. The molecule has 0 saturated heterocycles. The SMILES string of the molecule is CSc1ccc2cc(C(=O)/C=C/c3cc(C)c(OC(C)(C)C(=O)O)c(C)c3)sc2c1. The Bertz CT molecular complexity index is 1130. The van der Waals surface area contributed by atoms with Crippen LogP contribution in [0.5, 0.6) is 5.75 Å². The van der Waals surface area contributed by atoms with Gasteiger partial charge in [-0.25, -0.2) is 4.79 Å². The molecule has 0 aliphatic carbocycles. The zero-order valence-electron chi connectivity index (χ0n) is 17.6. The van der Waals surface area contributed by atoms with Crippen molar-refractivity contribution < 1.29 is 19.4 Å². The van der Waals surface area contributed by atoms with Crippen molar-refractivity contribution in [2.45, 2.75) is 38.2 Å². The number of carbonyl (C=O) groups is 2. The summed E-state index contributed by atoms with van der Waals surface area (Å²) in [7, 11) is 0. The number of thioether (sulfide) groups is 1. The first-order valence-corrected chi connectivity index (χ1v) is 11.5. The van der Waals surface area contributed by atoms with Gasteiger partial charge in [0.1, 0.15) is 5.75 Å². The number of hydrogen-bond donors (Lipinski definition) is 1. The summed E-state index contributed by atoms with van der Waals surface area (Å²) in [5.41, 5.74) is 1.19. The van der Waals surface area contributed by atoms with Crippen molar-refractivity contribution >= 4 is 51.0 Å². The molecule has 2 aromatic carbocycles. The molecule has 0 radical (unpaired) electrons. The highest BCUT2D eigenvalue weighted by Crippen LogP contribution is 2.31. The highest BCUT2D eigenvalue weighted by molar-refractivity contribution is 7.98. The second-order valence-electron chi connectivity index (χ2n) is 7.61. The number of hydrogen-bond acceptors (Lipinski definition) is 5. The van der Waals surface area contributed by atoms with Gasteiger partial charge in [0.2, 0.25) is 0 Å². The number of carboxylic acids is 1. The second-order valence-corrected chi connectivity index (χ2v) is 9.58. The van der Waals surface area contributed by atoms with Crippen molar-refractivity contribution in [3.63, 3.8) is 0 Å². The molecule has 1 heterocycles. The standard InChI is InChI=1S/C24H24O4S2/c1-14-10-16(11-15(2)22(14)28-24(3,4)23(26)27)6-9-19(25)21-12-17-7-8-18(29-5)13-20(17)30-21/h6-13H,1-5H3,(H,26,27)/b9-6+. The molecule has 1 N–H and O–H groups in total. The van der Waals surface area contributed by atoms with Gasteiger partial charge in [0.15, 0.2) is 11.4 Å². The Morgan fingerprint density at radius 3 is 2.37 bits per heavy atom. The number of benzene rings is 2. The summed E-state index contributed by atoms with van der Waals surface area (Å²) >= 11 is 3.18. The monoisotopic (exact) mass is 440 g/mol. The van der Waals surface area contributed by atoms with Crippen LogP contribution in [0.25, 0.3) is 16.2 Å². The van der Waals surface area contributed by atoms with Crippen LogP contribution in [0.15, 0.2) is 47.4 Å². The lowest BCUT2D eigenvalue weighted by Gasteiger charge is -2.24. The maximum absolute atomic E-state index is 12.7. The topological polar surface area (TPSA) is 63.6 Å².